The predicted octanol–water partition coefficient (Wildman–Crippen LogP) is 1.81. The second kappa shape index (κ2) is 6.50. The summed E-state index contributed by atoms with van der Waals surface area (Å²) in [7, 11) is 0. The van der Waals surface area contributed by atoms with Crippen LogP contribution in [0.2, 0.25) is 0 Å². The van der Waals surface area contributed by atoms with Gasteiger partial charge in [-0.3, -0.25) is 14.4 Å². The fourth-order valence-electron chi connectivity index (χ4n) is 3.61. The molecule has 0 bridgehead atoms. The highest BCUT2D eigenvalue weighted by Gasteiger charge is 2.46. The van der Waals surface area contributed by atoms with Crippen molar-refractivity contribution in [3.05, 3.63) is 35.4 Å². The summed E-state index contributed by atoms with van der Waals surface area (Å²) in [6, 6.07) is 7.45. The first-order valence-electron chi connectivity index (χ1n) is 8.67. The fraction of sp³-hybridized carbons (Fsp3) is 0.526. The van der Waals surface area contributed by atoms with Crippen LogP contribution in [0.3, 0.4) is 0 Å². The Morgan fingerprint density at radius 1 is 1.28 bits per heavy atom. The van der Waals surface area contributed by atoms with E-state index in [0.29, 0.717) is 32.4 Å². The Bertz CT molecular complexity index is 700. The van der Waals surface area contributed by atoms with Crippen molar-refractivity contribution in [2.45, 2.75) is 45.7 Å². The molecule has 2 saturated heterocycles. The first-order valence-corrected chi connectivity index (χ1v) is 8.67. The fourth-order valence-corrected chi connectivity index (χ4v) is 3.61. The first-order chi connectivity index (χ1) is 11.8. The number of nitrogens with zero attached hydrogens (tertiary/aromatic N) is 2. The molecule has 3 rings (SSSR count). The summed E-state index contributed by atoms with van der Waals surface area (Å²) in [5.74, 6) is -1.01. The van der Waals surface area contributed by atoms with Crippen LogP contribution in [0.15, 0.2) is 24.3 Å². The number of carbonyl (C=O) groups is 3. The molecule has 2 atom stereocenters. The molecule has 6 heteroatoms. The molecule has 2 aliphatic rings. The van der Waals surface area contributed by atoms with Gasteiger partial charge in [-0.1, -0.05) is 29.8 Å². The third kappa shape index (κ3) is 3.38. The quantitative estimate of drug-likeness (QED) is 0.904. The number of carboxylic acids is 1. The number of benzene rings is 1. The van der Waals surface area contributed by atoms with Gasteiger partial charge < -0.3 is 14.9 Å². The summed E-state index contributed by atoms with van der Waals surface area (Å²) < 4.78 is 0. The van der Waals surface area contributed by atoms with Crippen LogP contribution in [0, 0.1) is 12.3 Å². The van der Waals surface area contributed by atoms with Gasteiger partial charge in [0.2, 0.25) is 11.8 Å². The second-order valence-electron chi connectivity index (χ2n) is 7.44. The number of carbonyl (C=O) groups excluding carboxylic acids is 2. The minimum atomic E-state index is -0.889. The molecule has 6 nitrogen and oxygen atoms in total. The molecule has 25 heavy (non-hydrogen) atoms. The van der Waals surface area contributed by atoms with Crippen LogP contribution in [0.1, 0.15) is 37.3 Å². The molecule has 2 heterocycles. The van der Waals surface area contributed by atoms with Crippen LogP contribution >= 0.6 is 0 Å². The predicted molar refractivity (Wildman–Crippen MR) is 91.7 cm³/mol. The molecule has 134 valence electrons. The van der Waals surface area contributed by atoms with Crippen LogP contribution in [-0.4, -0.2) is 51.8 Å². The minimum Gasteiger partial charge on any atom is -0.481 e. The molecule has 2 amide bonds. The highest BCUT2D eigenvalue weighted by Crippen LogP contribution is 2.32. The van der Waals surface area contributed by atoms with E-state index >= 15 is 0 Å². The Kier molecular flexibility index (Phi) is 4.54. The average molecular weight is 344 g/mol. The number of hydrogen-bond donors (Lipinski definition) is 1. The van der Waals surface area contributed by atoms with E-state index in [4.69, 9.17) is 0 Å². The summed E-state index contributed by atoms with van der Waals surface area (Å²) in [4.78, 5) is 39.8. The third-order valence-corrected chi connectivity index (χ3v) is 5.39. The van der Waals surface area contributed by atoms with Crippen molar-refractivity contribution < 1.29 is 19.5 Å². The molecule has 1 N–H and O–H groups in total. The summed E-state index contributed by atoms with van der Waals surface area (Å²) >= 11 is 0. The van der Waals surface area contributed by atoms with E-state index in [1.807, 2.05) is 31.2 Å². The molecule has 2 aliphatic heterocycles. The molecule has 0 aliphatic carbocycles. The lowest BCUT2D eigenvalue weighted by molar-refractivity contribution is -0.148. The Morgan fingerprint density at radius 2 is 1.96 bits per heavy atom. The Labute approximate surface area is 147 Å². The van der Waals surface area contributed by atoms with Gasteiger partial charge >= 0.3 is 5.97 Å². The van der Waals surface area contributed by atoms with Crippen molar-refractivity contribution in [3.63, 3.8) is 0 Å². The summed E-state index contributed by atoms with van der Waals surface area (Å²) in [5, 5.41) is 9.35. The van der Waals surface area contributed by atoms with Crippen molar-refractivity contribution in [3.8, 4) is 0 Å². The largest absolute Gasteiger partial charge is 0.481 e. The topological polar surface area (TPSA) is 77.9 Å². The minimum absolute atomic E-state index is 0.0147. The van der Waals surface area contributed by atoms with E-state index in [9.17, 15) is 19.5 Å². The van der Waals surface area contributed by atoms with Gasteiger partial charge in [0, 0.05) is 26.1 Å². The van der Waals surface area contributed by atoms with Gasteiger partial charge in [-0.2, -0.15) is 0 Å². The number of likely N-dealkylation sites (tertiary alicyclic amines) is 2. The van der Waals surface area contributed by atoms with Gasteiger partial charge in [0.1, 0.15) is 6.04 Å². The summed E-state index contributed by atoms with van der Waals surface area (Å²) in [6.45, 7) is 4.74. The van der Waals surface area contributed by atoms with Gasteiger partial charge in [0.15, 0.2) is 0 Å². The third-order valence-electron chi connectivity index (χ3n) is 5.39. The normalized spacial score (nSPS) is 26.3. The molecule has 0 saturated carbocycles. The molecular weight excluding hydrogens is 320 g/mol. The van der Waals surface area contributed by atoms with E-state index in [1.54, 1.807) is 16.7 Å². The lowest BCUT2D eigenvalue weighted by atomic mass is 9.90. The Hall–Kier alpha value is -2.37. The molecule has 1 aromatic carbocycles. The van der Waals surface area contributed by atoms with Gasteiger partial charge in [-0.05, 0) is 32.3 Å². The summed E-state index contributed by atoms with van der Waals surface area (Å²) in [6.07, 6.45) is 1.32. The van der Waals surface area contributed by atoms with Gasteiger partial charge in [-0.25, -0.2) is 0 Å². The van der Waals surface area contributed by atoms with Crippen LogP contribution in [0.25, 0.3) is 0 Å². The number of aliphatic carboxylic acids is 1. The molecule has 0 spiro atoms. The van der Waals surface area contributed by atoms with Crippen LogP contribution in [0.4, 0.5) is 0 Å². The molecule has 2 fully saturated rings. The van der Waals surface area contributed by atoms with E-state index in [1.165, 1.54) is 0 Å². The number of aryl methyl sites for hydroxylation is 1. The lowest BCUT2D eigenvalue weighted by Gasteiger charge is -2.29. The van der Waals surface area contributed by atoms with Gasteiger partial charge in [0.25, 0.3) is 0 Å². The highest BCUT2D eigenvalue weighted by molar-refractivity contribution is 5.91. The van der Waals surface area contributed by atoms with Crippen LogP contribution in [-0.2, 0) is 20.9 Å². The van der Waals surface area contributed by atoms with E-state index in [-0.39, 0.29) is 18.4 Å². The maximum atomic E-state index is 12.9. The number of carboxylic acid groups (broad SMARTS) is 1. The van der Waals surface area contributed by atoms with Crippen molar-refractivity contribution in [2.24, 2.45) is 5.41 Å². The lowest BCUT2D eigenvalue weighted by Crippen LogP contribution is -2.46. The van der Waals surface area contributed by atoms with Gasteiger partial charge in [-0.15, -0.1) is 0 Å². The van der Waals surface area contributed by atoms with Crippen LogP contribution in [0.5, 0.6) is 0 Å². The van der Waals surface area contributed by atoms with Crippen molar-refractivity contribution in [1.29, 1.82) is 0 Å². The number of rotatable bonds is 4. The second-order valence-corrected chi connectivity index (χ2v) is 7.44. The Morgan fingerprint density at radius 3 is 2.56 bits per heavy atom. The maximum absolute atomic E-state index is 12.9. The van der Waals surface area contributed by atoms with E-state index in [0.717, 1.165) is 11.1 Å². The summed E-state index contributed by atoms with van der Waals surface area (Å²) in [5.41, 5.74) is 1.25. The van der Waals surface area contributed by atoms with Crippen molar-refractivity contribution >= 4 is 17.8 Å². The van der Waals surface area contributed by atoms with Crippen LogP contribution < -0.4 is 0 Å². The van der Waals surface area contributed by atoms with Crippen molar-refractivity contribution in [1.82, 2.24) is 9.80 Å². The monoisotopic (exact) mass is 344 g/mol. The van der Waals surface area contributed by atoms with E-state index in [2.05, 4.69) is 0 Å². The molecule has 0 radical (unpaired) electrons. The standard InChI is InChI=1S/C19H24N2O4/c1-13-3-5-14(6-4-13)11-21-15(7-8-16(21)22)17(23)20-10-9-19(2,12-20)18(24)25/h3-6,15H,7-12H2,1-2H3,(H,24,25). The SMILES string of the molecule is Cc1ccc(CN2C(=O)CCC2C(=O)N2CCC(C)(C(=O)O)C2)cc1. The highest BCUT2D eigenvalue weighted by atomic mass is 16.4. The molecular formula is C19H24N2O4. The maximum Gasteiger partial charge on any atom is 0.311 e. The zero-order valence-electron chi connectivity index (χ0n) is 14.7. The first kappa shape index (κ1) is 17.5. The zero-order valence-corrected chi connectivity index (χ0v) is 14.7. The number of amides is 2. The molecule has 1 aromatic rings. The number of hydrogen-bond acceptors (Lipinski definition) is 3. The molecule has 0 aromatic heterocycles. The van der Waals surface area contributed by atoms with Gasteiger partial charge in [0.05, 0.1) is 5.41 Å². The zero-order chi connectivity index (χ0) is 18.2. The van der Waals surface area contributed by atoms with E-state index < -0.39 is 17.4 Å². The smallest absolute Gasteiger partial charge is 0.311 e. The Balaban J connectivity index is 1.72. The molecule has 2 unspecified atom stereocenters. The van der Waals surface area contributed by atoms with Crippen molar-refractivity contribution in [2.75, 3.05) is 13.1 Å². The average Bonchev–Trinajstić information content (AvgIpc) is 3.14.